The Morgan fingerprint density at radius 1 is 0.947 bits per heavy atom. The van der Waals surface area contributed by atoms with Crippen LogP contribution in [-0.2, 0) is 22.4 Å². The molecule has 0 spiro atoms. The molecule has 0 saturated carbocycles. The molecular formula is C35H48O3. The second-order valence-electron chi connectivity index (χ2n) is 11.9. The average Bonchev–Trinajstić information content (AvgIpc) is 2.85. The van der Waals surface area contributed by atoms with Gasteiger partial charge in [-0.15, -0.1) is 0 Å². The lowest BCUT2D eigenvalue weighted by Gasteiger charge is -2.32. The van der Waals surface area contributed by atoms with Gasteiger partial charge in [-0.05, 0) is 85.1 Å². The molecule has 3 nitrogen and oxygen atoms in total. The standard InChI is InChI=1S/C35H48O3/c1-7-10-23(4)18-26-13-15-28(16-14-26)31-17-12-24(5)35-32(31)21-27(22-34(35)38)20-29(11-8-2)30(9-3)33(37)19-25(6)36/h12-17,23,27,29-30H,7-11,18-22H2,1-6H3. The van der Waals surface area contributed by atoms with E-state index in [0.717, 1.165) is 49.7 Å². The Balaban J connectivity index is 1.87. The third kappa shape index (κ3) is 7.52. The van der Waals surface area contributed by atoms with Gasteiger partial charge in [0.25, 0.3) is 0 Å². The molecule has 4 atom stereocenters. The molecule has 3 heteroatoms. The molecule has 1 aliphatic carbocycles. The van der Waals surface area contributed by atoms with Crippen molar-refractivity contribution in [2.75, 3.05) is 0 Å². The van der Waals surface area contributed by atoms with Crippen molar-refractivity contribution in [3.63, 3.8) is 0 Å². The third-order valence-electron chi connectivity index (χ3n) is 8.54. The first-order valence-corrected chi connectivity index (χ1v) is 14.9. The van der Waals surface area contributed by atoms with E-state index in [1.165, 1.54) is 42.0 Å². The minimum Gasteiger partial charge on any atom is -0.300 e. The topological polar surface area (TPSA) is 51.2 Å². The van der Waals surface area contributed by atoms with Crippen LogP contribution in [0.4, 0.5) is 0 Å². The van der Waals surface area contributed by atoms with Gasteiger partial charge >= 0.3 is 0 Å². The van der Waals surface area contributed by atoms with Gasteiger partial charge in [0.05, 0.1) is 6.42 Å². The highest BCUT2D eigenvalue weighted by Gasteiger charge is 2.34. The van der Waals surface area contributed by atoms with E-state index in [1.54, 1.807) is 0 Å². The zero-order chi connectivity index (χ0) is 27.8. The summed E-state index contributed by atoms with van der Waals surface area (Å²) in [5.41, 5.74) is 6.86. The van der Waals surface area contributed by atoms with Gasteiger partial charge in [0, 0.05) is 17.9 Å². The van der Waals surface area contributed by atoms with Crippen LogP contribution < -0.4 is 0 Å². The number of hydrogen-bond acceptors (Lipinski definition) is 3. The Morgan fingerprint density at radius 3 is 2.24 bits per heavy atom. The van der Waals surface area contributed by atoms with Crippen LogP contribution in [0.25, 0.3) is 11.1 Å². The number of carbonyl (C=O) groups is 3. The Labute approximate surface area is 230 Å². The van der Waals surface area contributed by atoms with E-state index in [2.05, 4.69) is 64.1 Å². The number of aryl methyl sites for hydroxylation is 1. The van der Waals surface area contributed by atoms with Crippen molar-refractivity contribution in [3.05, 3.63) is 58.7 Å². The molecule has 206 valence electrons. The molecular weight excluding hydrogens is 468 g/mol. The molecule has 4 unspecified atom stereocenters. The van der Waals surface area contributed by atoms with Crippen molar-refractivity contribution in [1.29, 1.82) is 0 Å². The minimum atomic E-state index is -0.102. The number of rotatable bonds is 14. The van der Waals surface area contributed by atoms with Crippen molar-refractivity contribution >= 4 is 17.3 Å². The van der Waals surface area contributed by atoms with Crippen LogP contribution in [0.2, 0.25) is 0 Å². The van der Waals surface area contributed by atoms with Crippen molar-refractivity contribution in [3.8, 4) is 11.1 Å². The maximum Gasteiger partial charge on any atom is 0.163 e. The van der Waals surface area contributed by atoms with Crippen molar-refractivity contribution in [2.45, 2.75) is 106 Å². The van der Waals surface area contributed by atoms with Crippen LogP contribution in [0, 0.1) is 30.6 Å². The minimum absolute atomic E-state index is 0.0295. The van der Waals surface area contributed by atoms with E-state index < -0.39 is 0 Å². The molecule has 2 aromatic rings. The van der Waals surface area contributed by atoms with Crippen molar-refractivity contribution < 1.29 is 14.4 Å². The zero-order valence-corrected chi connectivity index (χ0v) is 24.6. The molecule has 0 aromatic heterocycles. The molecule has 0 aliphatic heterocycles. The number of carbonyl (C=O) groups excluding carboxylic acids is 3. The first kappa shape index (κ1) is 30.0. The van der Waals surface area contributed by atoms with Gasteiger partial charge in [0.15, 0.2) is 5.78 Å². The van der Waals surface area contributed by atoms with E-state index in [4.69, 9.17) is 0 Å². The Bertz CT molecular complexity index is 1110. The third-order valence-corrected chi connectivity index (χ3v) is 8.54. The highest BCUT2D eigenvalue weighted by Crippen LogP contribution is 2.40. The predicted molar refractivity (Wildman–Crippen MR) is 158 cm³/mol. The van der Waals surface area contributed by atoms with Crippen molar-refractivity contribution in [1.82, 2.24) is 0 Å². The van der Waals surface area contributed by atoms with Gasteiger partial charge in [0.1, 0.15) is 11.6 Å². The molecule has 0 fully saturated rings. The lowest BCUT2D eigenvalue weighted by molar-refractivity contribution is -0.129. The predicted octanol–water partition coefficient (Wildman–Crippen LogP) is 8.77. The van der Waals surface area contributed by atoms with Gasteiger partial charge in [0.2, 0.25) is 0 Å². The maximum atomic E-state index is 13.5. The van der Waals surface area contributed by atoms with E-state index in [1.807, 2.05) is 6.92 Å². The quantitative estimate of drug-likeness (QED) is 0.236. The van der Waals surface area contributed by atoms with Gasteiger partial charge < -0.3 is 0 Å². The molecule has 1 aliphatic rings. The van der Waals surface area contributed by atoms with Gasteiger partial charge in [-0.3, -0.25) is 14.4 Å². The summed E-state index contributed by atoms with van der Waals surface area (Å²) in [6, 6.07) is 13.2. The maximum absolute atomic E-state index is 13.5. The fraction of sp³-hybridized carbons (Fsp3) is 0.571. The van der Waals surface area contributed by atoms with Crippen LogP contribution in [0.1, 0.15) is 113 Å². The number of Topliss-reactive ketones (excluding diaryl/α,β-unsaturated/α-hetero) is 3. The second-order valence-corrected chi connectivity index (χ2v) is 11.9. The fourth-order valence-corrected chi connectivity index (χ4v) is 6.83. The lowest BCUT2D eigenvalue weighted by Crippen LogP contribution is -2.30. The zero-order valence-electron chi connectivity index (χ0n) is 24.6. The monoisotopic (exact) mass is 516 g/mol. The van der Waals surface area contributed by atoms with Crippen LogP contribution in [0.5, 0.6) is 0 Å². The molecule has 0 amide bonds. The Hall–Kier alpha value is -2.55. The smallest absolute Gasteiger partial charge is 0.163 e. The number of ketones is 3. The highest BCUT2D eigenvalue weighted by molar-refractivity contribution is 6.02. The second kappa shape index (κ2) is 14.0. The summed E-state index contributed by atoms with van der Waals surface area (Å²) in [5.74, 6) is 1.27. The highest BCUT2D eigenvalue weighted by atomic mass is 16.1. The fourth-order valence-electron chi connectivity index (χ4n) is 6.83. The summed E-state index contributed by atoms with van der Waals surface area (Å²) in [6.07, 6.45) is 8.57. The summed E-state index contributed by atoms with van der Waals surface area (Å²) in [5, 5.41) is 0. The number of benzene rings is 2. The van der Waals surface area contributed by atoms with Gasteiger partial charge in [-0.2, -0.15) is 0 Å². The molecule has 0 radical (unpaired) electrons. The summed E-state index contributed by atoms with van der Waals surface area (Å²) in [6.45, 7) is 12.3. The van der Waals surface area contributed by atoms with Crippen LogP contribution in [-0.4, -0.2) is 17.3 Å². The molecule has 3 rings (SSSR count). The van der Waals surface area contributed by atoms with E-state index >= 15 is 0 Å². The van der Waals surface area contributed by atoms with E-state index in [0.29, 0.717) is 12.3 Å². The normalized spacial score (nSPS) is 17.5. The molecule has 0 heterocycles. The molecule has 38 heavy (non-hydrogen) atoms. The Morgan fingerprint density at radius 2 is 1.63 bits per heavy atom. The largest absolute Gasteiger partial charge is 0.300 e. The SMILES string of the molecule is CCCC(C)Cc1ccc(-c2ccc(C)c3c2CC(CC(CCC)C(CC)C(=O)CC(C)=O)CC3=O)cc1. The summed E-state index contributed by atoms with van der Waals surface area (Å²) >= 11 is 0. The average molecular weight is 517 g/mol. The first-order chi connectivity index (χ1) is 18.2. The van der Waals surface area contributed by atoms with Gasteiger partial charge in [-0.1, -0.05) is 89.8 Å². The Kier molecular flexibility index (Phi) is 11.1. The lowest BCUT2D eigenvalue weighted by atomic mass is 9.71. The van der Waals surface area contributed by atoms with Crippen LogP contribution in [0.15, 0.2) is 36.4 Å². The molecule has 2 aromatic carbocycles. The number of hydrogen-bond donors (Lipinski definition) is 0. The molecule has 0 bridgehead atoms. The van der Waals surface area contributed by atoms with Crippen LogP contribution in [0.3, 0.4) is 0 Å². The summed E-state index contributed by atoms with van der Waals surface area (Å²) < 4.78 is 0. The van der Waals surface area contributed by atoms with E-state index in [-0.39, 0.29) is 41.5 Å². The van der Waals surface area contributed by atoms with Crippen molar-refractivity contribution in [2.24, 2.45) is 23.7 Å². The summed E-state index contributed by atoms with van der Waals surface area (Å²) in [7, 11) is 0. The first-order valence-electron chi connectivity index (χ1n) is 14.9. The molecule has 0 N–H and O–H groups in total. The molecule has 0 saturated heterocycles. The summed E-state index contributed by atoms with van der Waals surface area (Å²) in [4.78, 5) is 38.1. The van der Waals surface area contributed by atoms with E-state index in [9.17, 15) is 14.4 Å². The van der Waals surface area contributed by atoms with Gasteiger partial charge in [-0.25, -0.2) is 0 Å². The van der Waals surface area contributed by atoms with Crippen LogP contribution >= 0.6 is 0 Å². The number of fused-ring (bicyclic) bond motifs is 1.